The minimum absolute atomic E-state index is 0.315. The maximum atomic E-state index is 6.46. The van der Waals surface area contributed by atoms with Crippen LogP contribution in [0, 0.1) is 0 Å². The van der Waals surface area contributed by atoms with Crippen LogP contribution in [0.3, 0.4) is 0 Å². The summed E-state index contributed by atoms with van der Waals surface area (Å²) in [5, 5.41) is 4.36. The van der Waals surface area contributed by atoms with Crippen LogP contribution < -0.4 is 15.4 Å². The number of ether oxygens (including phenoxy) is 1. The quantitative estimate of drug-likeness (QED) is 0.559. The molecule has 8 nitrogen and oxygen atoms in total. The molecule has 2 aliphatic rings. The van der Waals surface area contributed by atoms with Crippen molar-refractivity contribution in [2.24, 2.45) is 5.73 Å². The fourth-order valence-corrected chi connectivity index (χ4v) is 4.85. The average molecular weight is 422 g/mol. The molecular weight excluding hydrogens is 390 g/mol. The third-order valence-electron chi connectivity index (χ3n) is 6.50. The topological polar surface area (TPSA) is 84.8 Å². The van der Waals surface area contributed by atoms with Crippen molar-refractivity contribution in [3.05, 3.63) is 47.9 Å². The van der Waals surface area contributed by atoms with Gasteiger partial charge >= 0.3 is 0 Å². The third kappa shape index (κ3) is 4.22. The number of benzene rings is 1. The number of hydrogen-bond donors (Lipinski definition) is 1. The molecule has 4 heterocycles. The van der Waals surface area contributed by atoms with Crippen LogP contribution in [0.5, 0.6) is 5.75 Å². The molecule has 0 amide bonds. The monoisotopic (exact) mass is 421 g/mol. The van der Waals surface area contributed by atoms with Crippen LogP contribution in [0.15, 0.2) is 36.8 Å². The normalized spacial score (nSPS) is 19.1. The van der Waals surface area contributed by atoms with Gasteiger partial charge in [0.05, 0.1) is 6.04 Å². The first-order chi connectivity index (χ1) is 15.3. The van der Waals surface area contributed by atoms with Gasteiger partial charge in [-0.3, -0.25) is 4.90 Å². The van der Waals surface area contributed by atoms with Crippen LogP contribution >= 0.6 is 0 Å². The second-order valence-corrected chi connectivity index (χ2v) is 8.49. The number of unbranched alkanes of at least 4 members (excludes halogenated alkanes) is 1. The Morgan fingerprint density at radius 1 is 1.13 bits per heavy atom. The van der Waals surface area contributed by atoms with Crippen LogP contribution in [-0.2, 0) is 13.0 Å². The van der Waals surface area contributed by atoms with E-state index in [0.29, 0.717) is 18.4 Å². The lowest BCUT2D eigenvalue weighted by Crippen LogP contribution is -2.36. The SMILES string of the molecule is NCCCCN1CCc2cccc(OC[C@H]3CCCN3c3ccnc4ncnn34)c2C1. The van der Waals surface area contributed by atoms with Crippen LogP contribution in [0.4, 0.5) is 5.82 Å². The van der Waals surface area contributed by atoms with Gasteiger partial charge in [0.25, 0.3) is 5.78 Å². The van der Waals surface area contributed by atoms with E-state index in [9.17, 15) is 0 Å². The minimum Gasteiger partial charge on any atom is -0.491 e. The molecule has 1 atom stereocenters. The molecule has 2 N–H and O–H groups in total. The van der Waals surface area contributed by atoms with E-state index in [0.717, 1.165) is 76.4 Å². The van der Waals surface area contributed by atoms with E-state index >= 15 is 0 Å². The summed E-state index contributed by atoms with van der Waals surface area (Å²) in [6.45, 7) is 5.63. The van der Waals surface area contributed by atoms with Crippen molar-refractivity contribution in [1.82, 2.24) is 24.5 Å². The van der Waals surface area contributed by atoms with E-state index in [1.54, 1.807) is 6.33 Å². The fourth-order valence-electron chi connectivity index (χ4n) is 4.85. The van der Waals surface area contributed by atoms with Gasteiger partial charge in [0.1, 0.15) is 24.5 Å². The highest BCUT2D eigenvalue weighted by molar-refractivity contribution is 5.47. The highest BCUT2D eigenvalue weighted by Gasteiger charge is 2.28. The van der Waals surface area contributed by atoms with E-state index in [1.165, 1.54) is 11.1 Å². The molecule has 1 saturated heterocycles. The first-order valence-electron chi connectivity index (χ1n) is 11.4. The van der Waals surface area contributed by atoms with Gasteiger partial charge in [-0.25, -0.2) is 4.98 Å². The van der Waals surface area contributed by atoms with E-state index in [4.69, 9.17) is 10.5 Å². The largest absolute Gasteiger partial charge is 0.491 e. The zero-order valence-corrected chi connectivity index (χ0v) is 18.0. The van der Waals surface area contributed by atoms with Gasteiger partial charge in [-0.05, 0) is 62.9 Å². The Morgan fingerprint density at radius 3 is 3.03 bits per heavy atom. The molecule has 0 bridgehead atoms. The van der Waals surface area contributed by atoms with Crippen molar-refractivity contribution in [2.45, 2.75) is 44.7 Å². The van der Waals surface area contributed by atoms with Crippen molar-refractivity contribution < 1.29 is 4.74 Å². The molecule has 2 aromatic heterocycles. The van der Waals surface area contributed by atoms with Gasteiger partial charge < -0.3 is 15.4 Å². The van der Waals surface area contributed by atoms with Gasteiger partial charge in [-0.2, -0.15) is 14.6 Å². The van der Waals surface area contributed by atoms with Crippen LogP contribution in [-0.4, -0.2) is 63.3 Å². The van der Waals surface area contributed by atoms with Gasteiger partial charge in [0.2, 0.25) is 0 Å². The third-order valence-corrected chi connectivity index (χ3v) is 6.50. The zero-order valence-electron chi connectivity index (χ0n) is 18.0. The standard InChI is InChI=1S/C23H31N7O/c24-10-1-2-12-28-14-9-18-5-3-7-21(20(18)15-28)31-16-19-6-4-13-29(19)22-8-11-25-23-26-17-27-30(22)23/h3,5,7-8,11,17,19H,1-2,4,6,9-10,12-16,24H2/t19-/m1/s1. The number of nitrogens with zero attached hydrogens (tertiary/aromatic N) is 6. The summed E-state index contributed by atoms with van der Waals surface area (Å²) in [6, 6.07) is 8.84. The van der Waals surface area contributed by atoms with Crippen molar-refractivity contribution in [3.8, 4) is 5.75 Å². The molecule has 0 radical (unpaired) electrons. The molecule has 164 valence electrons. The molecule has 31 heavy (non-hydrogen) atoms. The Hall–Kier alpha value is -2.71. The van der Waals surface area contributed by atoms with Crippen molar-refractivity contribution in [3.63, 3.8) is 0 Å². The maximum Gasteiger partial charge on any atom is 0.254 e. The van der Waals surface area contributed by atoms with Crippen molar-refractivity contribution in [1.29, 1.82) is 0 Å². The molecule has 0 spiro atoms. The number of hydrogen-bond acceptors (Lipinski definition) is 7. The molecule has 1 aromatic carbocycles. The molecule has 8 heteroatoms. The lowest BCUT2D eigenvalue weighted by Gasteiger charge is -2.31. The molecule has 3 aromatic rings. The Bertz CT molecular complexity index is 1020. The Morgan fingerprint density at radius 2 is 2.10 bits per heavy atom. The average Bonchev–Trinajstić information content (AvgIpc) is 3.47. The van der Waals surface area contributed by atoms with Crippen molar-refractivity contribution in [2.75, 3.05) is 37.7 Å². The molecular formula is C23H31N7O. The highest BCUT2D eigenvalue weighted by Crippen LogP contribution is 2.30. The molecule has 2 aliphatic heterocycles. The molecule has 5 rings (SSSR count). The van der Waals surface area contributed by atoms with Gasteiger partial charge in [0.15, 0.2) is 0 Å². The first kappa shape index (κ1) is 20.2. The van der Waals surface area contributed by atoms with Gasteiger partial charge in [0, 0.05) is 31.4 Å². The summed E-state index contributed by atoms with van der Waals surface area (Å²) in [7, 11) is 0. The lowest BCUT2D eigenvalue weighted by molar-refractivity contribution is 0.235. The van der Waals surface area contributed by atoms with Gasteiger partial charge in [-0.15, -0.1) is 0 Å². The first-order valence-corrected chi connectivity index (χ1v) is 11.4. The summed E-state index contributed by atoms with van der Waals surface area (Å²) in [5.41, 5.74) is 8.45. The lowest BCUT2D eigenvalue weighted by atomic mass is 9.98. The van der Waals surface area contributed by atoms with E-state index in [-0.39, 0.29) is 0 Å². The molecule has 0 saturated carbocycles. The summed E-state index contributed by atoms with van der Waals surface area (Å²) >= 11 is 0. The zero-order chi connectivity index (χ0) is 21.0. The summed E-state index contributed by atoms with van der Waals surface area (Å²) in [4.78, 5) is 13.4. The van der Waals surface area contributed by atoms with Gasteiger partial charge in [-0.1, -0.05) is 12.1 Å². The summed E-state index contributed by atoms with van der Waals surface area (Å²) < 4.78 is 8.28. The number of anilines is 1. The van der Waals surface area contributed by atoms with E-state index in [2.05, 4.69) is 43.1 Å². The minimum atomic E-state index is 0.315. The van der Waals surface area contributed by atoms with E-state index in [1.807, 2.05) is 16.8 Å². The summed E-state index contributed by atoms with van der Waals surface area (Å²) in [6.07, 6.45) is 8.96. The fraction of sp³-hybridized carbons (Fsp3) is 0.522. The van der Waals surface area contributed by atoms with E-state index < -0.39 is 0 Å². The molecule has 0 aliphatic carbocycles. The smallest absolute Gasteiger partial charge is 0.254 e. The molecule has 0 unspecified atom stereocenters. The number of fused-ring (bicyclic) bond motifs is 2. The number of nitrogens with two attached hydrogens (primary N) is 1. The van der Waals surface area contributed by atoms with Crippen LogP contribution in [0.25, 0.3) is 5.78 Å². The maximum absolute atomic E-state index is 6.46. The number of rotatable bonds is 8. The number of aromatic nitrogens is 4. The Balaban J connectivity index is 1.29. The highest BCUT2D eigenvalue weighted by atomic mass is 16.5. The Labute approximate surface area is 183 Å². The Kier molecular flexibility index (Phi) is 5.99. The van der Waals surface area contributed by atoms with Crippen molar-refractivity contribution >= 4 is 11.6 Å². The molecule has 1 fully saturated rings. The second-order valence-electron chi connectivity index (χ2n) is 8.49. The predicted molar refractivity (Wildman–Crippen MR) is 120 cm³/mol. The van der Waals surface area contributed by atoms with Crippen LogP contribution in [0.2, 0.25) is 0 Å². The van der Waals surface area contributed by atoms with Crippen LogP contribution in [0.1, 0.15) is 36.8 Å². The predicted octanol–water partition coefficient (Wildman–Crippen LogP) is 2.27. The summed E-state index contributed by atoms with van der Waals surface area (Å²) in [5.74, 6) is 2.71. The second kappa shape index (κ2) is 9.20.